The summed E-state index contributed by atoms with van der Waals surface area (Å²) in [5.41, 5.74) is 1.27. The maximum Gasteiger partial charge on any atom is 0.374 e. The molecule has 0 bridgehead atoms. The Kier molecular flexibility index (Phi) is 8.09. The number of rotatable bonds is 11. The van der Waals surface area contributed by atoms with Gasteiger partial charge in [-0.3, -0.25) is 14.4 Å². The summed E-state index contributed by atoms with van der Waals surface area (Å²) in [6, 6.07) is 15.6. The van der Waals surface area contributed by atoms with Crippen LogP contribution in [0.3, 0.4) is 0 Å². The first-order chi connectivity index (χ1) is 13.5. The molecule has 0 aliphatic rings. The van der Waals surface area contributed by atoms with Crippen molar-refractivity contribution in [2.75, 3.05) is 7.11 Å². The van der Waals surface area contributed by atoms with Gasteiger partial charge in [-0.2, -0.15) is 0 Å². The Hall–Kier alpha value is -3.28. The van der Waals surface area contributed by atoms with Crippen LogP contribution in [0.5, 0.6) is 5.75 Å². The van der Waals surface area contributed by atoms with Crippen LogP contribution >= 0.6 is 0 Å². The van der Waals surface area contributed by atoms with Gasteiger partial charge in [0.2, 0.25) is 5.78 Å². The van der Waals surface area contributed by atoms with Crippen molar-refractivity contribution in [2.24, 2.45) is 0 Å². The Balaban J connectivity index is 1.68. The fourth-order valence-corrected chi connectivity index (χ4v) is 2.46. The Morgan fingerprint density at radius 1 is 0.786 bits per heavy atom. The van der Waals surface area contributed by atoms with Crippen molar-refractivity contribution in [3.05, 3.63) is 65.7 Å². The molecule has 0 fully saturated rings. The van der Waals surface area contributed by atoms with Crippen molar-refractivity contribution in [3.8, 4) is 5.75 Å². The molecular weight excluding hydrogens is 360 g/mol. The quantitative estimate of drug-likeness (QED) is 0.337. The highest BCUT2D eigenvalue weighted by molar-refractivity contribution is 6.33. The van der Waals surface area contributed by atoms with Crippen molar-refractivity contribution in [1.29, 1.82) is 0 Å². The molecule has 2 rings (SSSR count). The van der Waals surface area contributed by atoms with Crippen LogP contribution in [0.1, 0.15) is 41.6 Å². The second kappa shape index (κ2) is 10.8. The van der Waals surface area contributed by atoms with E-state index in [0.29, 0.717) is 11.3 Å². The molecule has 0 unspecified atom stereocenters. The summed E-state index contributed by atoms with van der Waals surface area (Å²) in [5, 5.41) is 0. The topological polar surface area (TPSA) is 86.7 Å². The second-order valence-electron chi connectivity index (χ2n) is 6.18. The van der Waals surface area contributed by atoms with E-state index < -0.39 is 11.8 Å². The van der Waals surface area contributed by atoms with Crippen LogP contribution in [0.25, 0.3) is 0 Å². The third-order valence-corrected chi connectivity index (χ3v) is 4.11. The lowest BCUT2D eigenvalue weighted by molar-refractivity contribution is -0.155. The van der Waals surface area contributed by atoms with Crippen LogP contribution in [-0.2, 0) is 25.7 Å². The number of hydrogen-bond donors (Lipinski definition) is 0. The maximum absolute atomic E-state index is 12.1. The molecule has 0 N–H and O–H groups in total. The number of ketones is 3. The van der Waals surface area contributed by atoms with Gasteiger partial charge in [-0.1, -0.05) is 30.3 Å². The average Bonchev–Trinajstić information content (AvgIpc) is 2.74. The van der Waals surface area contributed by atoms with Crippen molar-refractivity contribution in [3.63, 3.8) is 0 Å². The van der Waals surface area contributed by atoms with Crippen molar-refractivity contribution >= 4 is 23.3 Å². The summed E-state index contributed by atoms with van der Waals surface area (Å²) in [7, 11) is 1.54. The van der Waals surface area contributed by atoms with E-state index in [4.69, 9.17) is 9.47 Å². The number of hydrogen-bond acceptors (Lipinski definition) is 6. The number of ether oxygens (including phenoxy) is 2. The Morgan fingerprint density at radius 3 is 2.07 bits per heavy atom. The highest BCUT2D eigenvalue weighted by Gasteiger charge is 2.17. The Labute approximate surface area is 163 Å². The molecule has 0 radical (unpaired) electrons. The second-order valence-corrected chi connectivity index (χ2v) is 6.18. The van der Waals surface area contributed by atoms with Crippen LogP contribution in [-0.4, -0.2) is 30.4 Å². The number of benzene rings is 2. The van der Waals surface area contributed by atoms with Crippen LogP contribution < -0.4 is 4.74 Å². The number of esters is 1. The van der Waals surface area contributed by atoms with Crippen molar-refractivity contribution in [1.82, 2.24) is 0 Å². The smallest absolute Gasteiger partial charge is 0.374 e. The molecule has 0 amide bonds. The minimum absolute atomic E-state index is 0.00965. The molecule has 2 aromatic rings. The zero-order chi connectivity index (χ0) is 20.4. The van der Waals surface area contributed by atoms with Crippen LogP contribution in [0, 0.1) is 0 Å². The summed E-state index contributed by atoms with van der Waals surface area (Å²) in [5.74, 6) is -1.46. The summed E-state index contributed by atoms with van der Waals surface area (Å²) < 4.78 is 9.96. The number of carbonyl (C=O) groups is 4. The lowest BCUT2D eigenvalue weighted by Gasteiger charge is -2.05. The van der Waals surface area contributed by atoms with Crippen LogP contribution in [0.2, 0.25) is 0 Å². The normalized spacial score (nSPS) is 10.2. The molecule has 0 aliphatic heterocycles. The zero-order valence-electron chi connectivity index (χ0n) is 15.7. The number of Topliss-reactive ketones (excluding diaryl/α,β-unsaturated/α-hetero) is 3. The van der Waals surface area contributed by atoms with Gasteiger partial charge >= 0.3 is 5.97 Å². The Morgan fingerprint density at radius 2 is 1.43 bits per heavy atom. The minimum Gasteiger partial charge on any atom is -0.497 e. The monoisotopic (exact) mass is 382 g/mol. The van der Waals surface area contributed by atoms with Gasteiger partial charge < -0.3 is 9.47 Å². The molecule has 28 heavy (non-hydrogen) atoms. The van der Waals surface area contributed by atoms with E-state index in [1.165, 1.54) is 7.11 Å². The standard InChI is InChI=1S/C22H22O6/c1-27-19-11-7-17(8-12-19)20(24)13-9-18(23)10-14-21(25)22(26)28-15-16-5-3-2-4-6-16/h2-8,11-12H,9-10,13-15H2,1H3. The molecule has 2 aromatic carbocycles. The van der Waals surface area contributed by atoms with Gasteiger partial charge in [-0.15, -0.1) is 0 Å². The number of methoxy groups -OCH3 is 1. The molecule has 0 saturated heterocycles. The molecule has 0 heterocycles. The van der Waals surface area contributed by atoms with Gasteiger partial charge in [0.15, 0.2) is 5.78 Å². The third kappa shape index (κ3) is 6.79. The largest absolute Gasteiger partial charge is 0.497 e. The molecule has 0 aromatic heterocycles. The predicted octanol–water partition coefficient (Wildman–Crippen LogP) is 3.32. The van der Waals surface area contributed by atoms with E-state index in [1.54, 1.807) is 48.5 Å². The van der Waals surface area contributed by atoms with E-state index in [1.807, 2.05) is 6.07 Å². The van der Waals surface area contributed by atoms with Gasteiger partial charge in [-0.25, -0.2) is 4.79 Å². The van der Waals surface area contributed by atoms with E-state index in [0.717, 1.165) is 5.56 Å². The minimum atomic E-state index is -0.953. The van der Waals surface area contributed by atoms with Crippen LogP contribution in [0.4, 0.5) is 0 Å². The molecule has 6 heteroatoms. The van der Waals surface area contributed by atoms with Gasteiger partial charge in [0.05, 0.1) is 7.11 Å². The van der Waals surface area contributed by atoms with E-state index in [2.05, 4.69) is 0 Å². The SMILES string of the molecule is COc1ccc(C(=O)CCC(=O)CCC(=O)C(=O)OCc2ccccc2)cc1. The molecule has 0 spiro atoms. The molecule has 146 valence electrons. The van der Waals surface area contributed by atoms with E-state index >= 15 is 0 Å². The Bertz CT molecular complexity index is 824. The lowest BCUT2D eigenvalue weighted by atomic mass is 10.0. The highest BCUT2D eigenvalue weighted by Crippen LogP contribution is 2.14. The van der Waals surface area contributed by atoms with Gasteiger partial charge in [-0.05, 0) is 29.8 Å². The summed E-state index contributed by atoms with van der Waals surface area (Å²) in [4.78, 5) is 47.5. The third-order valence-electron chi connectivity index (χ3n) is 4.11. The van der Waals surface area contributed by atoms with Crippen molar-refractivity contribution < 1.29 is 28.7 Å². The lowest BCUT2D eigenvalue weighted by Crippen LogP contribution is -2.18. The van der Waals surface area contributed by atoms with Gasteiger partial charge in [0.1, 0.15) is 18.1 Å². The van der Waals surface area contributed by atoms with E-state index in [-0.39, 0.29) is 43.9 Å². The first-order valence-electron chi connectivity index (χ1n) is 8.92. The van der Waals surface area contributed by atoms with Gasteiger partial charge in [0.25, 0.3) is 0 Å². The van der Waals surface area contributed by atoms with Gasteiger partial charge in [0, 0.05) is 31.2 Å². The van der Waals surface area contributed by atoms with E-state index in [9.17, 15) is 19.2 Å². The fourth-order valence-electron chi connectivity index (χ4n) is 2.46. The molecule has 6 nitrogen and oxygen atoms in total. The fraction of sp³-hybridized carbons (Fsp3) is 0.273. The summed E-state index contributed by atoms with van der Waals surface area (Å²) >= 11 is 0. The molecule has 0 atom stereocenters. The highest BCUT2D eigenvalue weighted by atomic mass is 16.5. The molecular formula is C22H22O6. The maximum atomic E-state index is 12.1. The molecule has 0 saturated carbocycles. The first kappa shape index (κ1) is 21.0. The van der Waals surface area contributed by atoms with Crippen molar-refractivity contribution in [2.45, 2.75) is 32.3 Å². The average molecular weight is 382 g/mol. The molecule has 0 aliphatic carbocycles. The summed E-state index contributed by atoms with van der Waals surface area (Å²) in [6.45, 7) is 0.00965. The van der Waals surface area contributed by atoms with Crippen LogP contribution in [0.15, 0.2) is 54.6 Å². The number of carbonyl (C=O) groups excluding carboxylic acids is 4. The first-order valence-corrected chi connectivity index (χ1v) is 8.92. The predicted molar refractivity (Wildman–Crippen MR) is 102 cm³/mol. The zero-order valence-corrected chi connectivity index (χ0v) is 15.7. The summed E-state index contributed by atoms with van der Waals surface area (Å²) in [6.07, 6.45) is -0.229.